The largest absolute Gasteiger partial charge is 0.464 e. The van der Waals surface area contributed by atoms with Gasteiger partial charge in [-0.2, -0.15) is 0 Å². The predicted molar refractivity (Wildman–Crippen MR) is 74.4 cm³/mol. The van der Waals surface area contributed by atoms with Gasteiger partial charge in [-0.3, -0.25) is 0 Å². The van der Waals surface area contributed by atoms with Crippen molar-refractivity contribution in [1.82, 2.24) is 14.5 Å². The maximum absolute atomic E-state index is 5.99. The number of halogens is 1. The Bertz CT molecular complexity index is 729. The van der Waals surface area contributed by atoms with Crippen LogP contribution in [0.4, 0.5) is 0 Å². The fraction of sp³-hybridized carbons (Fsp3) is 0.286. The third kappa shape index (κ3) is 2.12. The summed E-state index contributed by atoms with van der Waals surface area (Å²) in [7, 11) is 0. The zero-order valence-corrected chi connectivity index (χ0v) is 11.6. The summed E-state index contributed by atoms with van der Waals surface area (Å²) in [4.78, 5) is 8.97. The Kier molecular flexibility index (Phi) is 3.03. The third-order valence-electron chi connectivity index (χ3n) is 3.14. The smallest absolute Gasteiger partial charge is 0.160 e. The summed E-state index contributed by atoms with van der Waals surface area (Å²) in [5.41, 5.74) is 2.86. The molecular weight excluding hydrogens is 262 g/mol. The number of aromatic nitrogens is 3. The summed E-state index contributed by atoms with van der Waals surface area (Å²) < 4.78 is 7.62. The molecule has 19 heavy (non-hydrogen) atoms. The number of hydrogen-bond acceptors (Lipinski definition) is 3. The van der Waals surface area contributed by atoms with Crippen molar-refractivity contribution in [1.29, 1.82) is 0 Å². The average Bonchev–Trinajstić information content (AvgIpc) is 2.96. The van der Waals surface area contributed by atoms with E-state index in [1.54, 1.807) is 6.20 Å². The first kappa shape index (κ1) is 12.2. The average molecular weight is 276 g/mol. The molecule has 0 unspecified atom stereocenters. The molecule has 0 aliphatic rings. The summed E-state index contributed by atoms with van der Waals surface area (Å²) in [6, 6.07) is 5.87. The van der Waals surface area contributed by atoms with Crippen LogP contribution >= 0.6 is 11.6 Å². The maximum Gasteiger partial charge on any atom is 0.160 e. The summed E-state index contributed by atoms with van der Waals surface area (Å²) in [5, 5.41) is 0. The monoisotopic (exact) mass is 275 g/mol. The number of rotatable bonds is 3. The number of pyridine rings is 1. The number of imidazole rings is 1. The van der Waals surface area contributed by atoms with E-state index in [0.717, 1.165) is 34.1 Å². The maximum atomic E-state index is 5.99. The number of fused-ring (bicyclic) bond motifs is 1. The molecule has 0 fully saturated rings. The minimum Gasteiger partial charge on any atom is -0.464 e. The Morgan fingerprint density at radius 1 is 1.26 bits per heavy atom. The predicted octanol–water partition coefficient (Wildman–Crippen LogP) is 3.43. The minimum absolute atomic E-state index is 0.357. The van der Waals surface area contributed by atoms with E-state index in [0.29, 0.717) is 12.4 Å². The summed E-state index contributed by atoms with van der Waals surface area (Å²) in [6.07, 6.45) is 1.79. The number of alkyl halides is 1. The first-order chi connectivity index (χ1) is 9.19. The van der Waals surface area contributed by atoms with Crippen molar-refractivity contribution >= 4 is 22.8 Å². The van der Waals surface area contributed by atoms with E-state index in [1.807, 2.05) is 36.6 Å². The fourth-order valence-electron chi connectivity index (χ4n) is 2.18. The molecule has 0 amide bonds. The molecule has 0 saturated heterocycles. The van der Waals surface area contributed by atoms with Crippen molar-refractivity contribution in [2.24, 2.45) is 0 Å². The van der Waals surface area contributed by atoms with Crippen molar-refractivity contribution in [2.45, 2.75) is 26.3 Å². The lowest BCUT2D eigenvalue weighted by Crippen LogP contribution is -2.03. The normalized spacial score (nSPS) is 11.3. The quantitative estimate of drug-likeness (QED) is 0.688. The molecule has 98 valence electrons. The van der Waals surface area contributed by atoms with Gasteiger partial charge in [0, 0.05) is 6.20 Å². The molecule has 0 aromatic carbocycles. The van der Waals surface area contributed by atoms with Crippen molar-refractivity contribution in [2.75, 3.05) is 0 Å². The van der Waals surface area contributed by atoms with Gasteiger partial charge in [0.2, 0.25) is 0 Å². The molecule has 0 N–H and O–H groups in total. The number of furan rings is 1. The summed E-state index contributed by atoms with van der Waals surface area (Å²) in [5.74, 6) is 2.95. The Morgan fingerprint density at radius 2 is 2.11 bits per heavy atom. The van der Waals surface area contributed by atoms with Gasteiger partial charge in [-0.05, 0) is 37.6 Å². The van der Waals surface area contributed by atoms with E-state index in [1.165, 1.54) is 0 Å². The molecule has 3 heterocycles. The van der Waals surface area contributed by atoms with E-state index in [-0.39, 0.29) is 0 Å². The summed E-state index contributed by atoms with van der Waals surface area (Å²) in [6.45, 7) is 4.56. The van der Waals surface area contributed by atoms with Crippen molar-refractivity contribution < 1.29 is 4.42 Å². The second kappa shape index (κ2) is 4.70. The van der Waals surface area contributed by atoms with Crippen LogP contribution in [0.25, 0.3) is 11.2 Å². The number of hydrogen-bond donors (Lipinski definition) is 0. The lowest BCUT2D eigenvalue weighted by atomic mass is 10.3. The van der Waals surface area contributed by atoms with E-state index in [2.05, 4.69) is 9.97 Å². The van der Waals surface area contributed by atoms with Crippen LogP contribution in [0, 0.1) is 13.8 Å². The van der Waals surface area contributed by atoms with Gasteiger partial charge in [-0.15, -0.1) is 11.6 Å². The molecule has 5 heteroatoms. The highest BCUT2D eigenvalue weighted by Gasteiger charge is 2.14. The van der Waals surface area contributed by atoms with Crippen LogP contribution < -0.4 is 0 Å². The Hall–Kier alpha value is -1.81. The third-order valence-corrected chi connectivity index (χ3v) is 3.38. The molecule has 3 rings (SSSR count). The molecule has 0 saturated carbocycles. The Labute approximate surface area is 116 Å². The molecular formula is C14H14ClN3O. The second-order valence-electron chi connectivity index (χ2n) is 4.56. The Morgan fingerprint density at radius 3 is 2.79 bits per heavy atom. The highest BCUT2D eigenvalue weighted by Crippen LogP contribution is 2.20. The van der Waals surface area contributed by atoms with Crippen LogP contribution in [-0.2, 0) is 12.4 Å². The molecule has 0 bridgehead atoms. The van der Waals surface area contributed by atoms with Gasteiger partial charge in [-0.1, -0.05) is 0 Å². The lowest BCUT2D eigenvalue weighted by molar-refractivity contribution is 0.469. The van der Waals surface area contributed by atoms with Crippen LogP contribution in [0.3, 0.4) is 0 Å². The lowest BCUT2D eigenvalue weighted by Gasteiger charge is -2.04. The fourth-order valence-corrected chi connectivity index (χ4v) is 2.38. The van der Waals surface area contributed by atoms with Gasteiger partial charge < -0.3 is 8.98 Å². The molecule has 0 aliphatic carbocycles. The standard InChI is InChI=1S/C14H14ClN3O/c1-9-5-6-16-14-13(9)17-12(7-15)18(14)8-11-4-3-10(2)19-11/h3-6H,7-8H2,1-2H3. The molecule has 4 nitrogen and oxygen atoms in total. The van der Waals surface area contributed by atoms with Crippen molar-refractivity contribution in [3.8, 4) is 0 Å². The first-order valence-electron chi connectivity index (χ1n) is 6.11. The van der Waals surface area contributed by atoms with Gasteiger partial charge in [-0.25, -0.2) is 9.97 Å². The van der Waals surface area contributed by atoms with E-state index >= 15 is 0 Å². The van der Waals surface area contributed by atoms with Crippen LogP contribution in [0.1, 0.15) is 22.9 Å². The number of aryl methyl sites for hydroxylation is 2. The minimum atomic E-state index is 0.357. The molecule has 0 radical (unpaired) electrons. The van der Waals surface area contributed by atoms with Crippen LogP contribution in [0.5, 0.6) is 0 Å². The van der Waals surface area contributed by atoms with Crippen LogP contribution in [0.2, 0.25) is 0 Å². The van der Waals surface area contributed by atoms with E-state index in [4.69, 9.17) is 16.0 Å². The van der Waals surface area contributed by atoms with Gasteiger partial charge in [0.1, 0.15) is 22.9 Å². The highest BCUT2D eigenvalue weighted by molar-refractivity contribution is 6.16. The van der Waals surface area contributed by atoms with E-state index in [9.17, 15) is 0 Å². The number of nitrogens with zero attached hydrogens (tertiary/aromatic N) is 3. The molecule has 3 aromatic heterocycles. The van der Waals surface area contributed by atoms with Crippen LogP contribution in [0.15, 0.2) is 28.8 Å². The zero-order chi connectivity index (χ0) is 13.4. The van der Waals surface area contributed by atoms with Crippen molar-refractivity contribution in [3.05, 3.63) is 47.3 Å². The molecule has 0 spiro atoms. The SMILES string of the molecule is Cc1ccc(Cn2c(CCl)nc3c(C)ccnc32)o1. The van der Waals surface area contributed by atoms with Gasteiger partial charge in [0.15, 0.2) is 5.65 Å². The van der Waals surface area contributed by atoms with E-state index < -0.39 is 0 Å². The molecule has 0 atom stereocenters. The molecule has 3 aromatic rings. The molecule has 0 aliphatic heterocycles. The zero-order valence-electron chi connectivity index (χ0n) is 10.9. The van der Waals surface area contributed by atoms with Gasteiger partial charge in [0.05, 0.1) is 12.4 Å². The van der Waals surface area contributed by atoms with Gasteiger partial charge >= 0.3 is 0 Å². The first-order valence-corrected chi connectivity index (χ1v) is 6.64. The Balaban J connectivity index is 2.13. The highest BCUT2D eigenvalue weighted by atomic mass is 35.5. The topological polar surface area (TPSA) is 43.9 Å². The summed E-state index contributed by atoms with van der Waals surface area (Å²) >= 11 is 5.99. The van der Waals surface area contributed by atoms with Crippen molar-refractivity contribution in [3.63, 3.8) is 0 Å². The van der Waals surface area contributed by atoms with Gasteiger partial charge in [0.25, 0.3) is 0 Å². The van der Waals surface area contributed by atoms with Crippen LogP contribution in [-0.4, -0.2) is 14.5 Å². The second-order valence-corrected chi connectivity index (χ2v) is 4.83.